The highest BCUT2D eigenvalue weighted by Crippen LogP contribution is 2.32. The number of carbonyl (C=O) groups excluding carboxylic acids is 2. The number of rotatable bonds is 9. The highest BCUT2D eigenvalue weighted by molar-refractivity contribution is 6.30. The van der Waals surface area contributed by atoms with E-state index in [9.17, 15) is 19.5 Å². The molecule has 0 aliphatic heterocycles. The van der Waals surface area contributed by atoms with Crippen LogP contribution in [-0.2, 0) is 4.79 Å². The molecule has 4 N–H and O–H groups in total. The van der Waals surface area contributed by atoms with Crippen molar-refractivity contribution in [1.29, 1.82) is 0 Å². The predicted octanol–water partition coefficient (Wildman–Crippen LogP) is 6.27. The van der Waals surface area contributed by atoms with Crippen LogP contribution in [0, 0.1) is 5.92 Å². The molecular formula is C28H25ClN4O6. The molecule has 10 nitrogen and oxygen atoms in total. The third-order valence-corrected chi connectivity index (χ3v) is 5.74. The number of carboxylic acid groups (broad SMARTS) is 1. The monoisotopic (exact) mass is 548 g/mol. The van der Waals surface area contributed by atoms with Crippen molar-refractivity contribution < 1.29 is 28.6 Å². The number of aliphatic carboxylic acids is 1. The minimum Gasteiger partial charge on any atom is -0.480 e. The number of nitrogens with zero attached hydrogens (tertiary/aromatic N) is 1. The molecule has 11 heteroatoms. The molecule has 39 heavy (non-hydrogen) atoms. The first-order chi connectivity index (χ1) is 18.7. The van der Waals surface area contributed by atoms with Gasteiger partial charge in [0.05, 0.1) is 11.9 Å². The van der Waals surface area contributed by atoms with Crippen LogP contribution in [0.25, 0.3) is 11.3 Å². The molecule has 0 unspecified atom stereocenters. The van der Waals surface area contributed by atoms with Gasteiger partial charge in [0, 0.05) is 22.3 Å². The van der Waals surface area contributed by atoms with Gasteiger partial charge in [-0.1, -0.05) is 43.6 Å². The molecule has 3 aromatic carbocycles. The largest absolute Gasteiger partial charge is 0.480 e. The van der Waals surface area contributed by atoms with Crippen molar-refractivity contribution >= 4 is 40.9 Å². The molecule has 0 bridgehead atoms. The number of carbonyl (C=O) groups is 3. The lowest BCUT2D eigenvalue weighted by molar-refractivity contribution is -0.140. The van der Waals surface area contributed by atoms with Gasteiger partial charge in [-0.2, -0.15) is 0 Å². The van der Waals surface area contributed by atoms with Gasteiger partial charge in [0.1, 0.15) is 11.8 Å². The number of benzene rings is 3. The number of para-hydroxylation sites is 1. The maximum Gasteiger partial charge on any atom is 0.326 e. The summed E-state index contributed by atoms with van der Waals surface area (Å²) in [6, 6.07) is 19.1. The van der Waals surface area contributed by atoms with Crippen molar-refractivity contribution in [3.63, 3.8) is 0 Å². The van der Waals surface area contributed by atoms with E-state index in [1.807, 2.05) is 18.2 Å². The van der Waals surface area contributed by atoms with Crippen LogP contribution < -0.4 is 20.7 Å². The number of nitrogens with one attached hydrogen (secondary N) is 3. The van der Waals surface area contributed by atoms with E-state index in [1.54, 1.807) is 68.4 Å². The smallest absolute Gasteiger partial charge is 0.326 e. The number of halogens is 1. The summed E-state index contributed by atoms with van der Waals surface area (Å²) in [5.41, 5.74) is 1.52. The minimum atomic E-state index is -1.15. The summed E-state index contributed by atoms with van der Waals surface area (Å²) in [4.78, 5) is 40.3. The molecule has 0 saturated carbocycles. The van der Waals surface area contributed by atoms with E-state index in [0.717, 1.165) is 0 Å². The Hall–Kier alpha value is -4.83. The molecule has 4 aromatic rings. The van der Waals surface area contributed by atoms with Crippen molar-refractivity contribution in [2.45, 2.75) is 19.9 Å². The average Bonchev–Trinajstić information content (AvgIpc) is 3.40. The summed E-state index contributed by atoms with van der Waals surface area (Å²) in [5, 5.41) is 17.6. The van der Waals surface area contributed by atoms with E-state index >= 15 is 0 Å². The Bertz CT molecular complexity index is 1470. The lowest BCUT2D eigenvalue weighted by Crippen LogP contribution is -2.44. The number of anilines is 2. The van der Waals surface area contributed by atoms with Gasteiger partial charge < -0.3 is 30.2 Å². The van der Waals surface area contributed by atoms with Crippen molar-refractivity contribution in [2.75, 3.05) is 10.6 Å². The maximum absolute atomic E-state index is 12.7. The Balaban J connectivity index is 1.39. The summed E-state index contributed by atoms with van der Waals surface area (Å²) < 4.78 is 11.4. The molecule has 200 valence electrons. The third kappa shape index (κ3) is 7.14. The van der Waals surface area contributed by atoms with Crippen LogP contribution >= 0.6 is 11.6 Å². The Morgan fingerprint density at radius 3 is 2.36 bits per heavy atom. The molecule has 1 atom stereocenters. The number of aromatic nitrogens is 1. The molecule has 0 saturated heterocycles. The van der Waals surface area contributed by atoms with Gasteiger partial charge >= 0.3 is 17.9 Å². The first-order valence-electron chi connectivity index (χ1n) is 11.9. The van der Waals surface area contributed by atoms with Crippen LogP contribution in [-0.4, -0.2) is 34.0 Å². The van der Waals surface area contributed by atoms with Gasteiger partial charge in [-0.25, -0.2) is 14.6 Å². The van der Waals surface area contributed by atoms with E-state index in [1.165, 1.54) is 6.20 Å². The van der Waals surface area contributed by atoms with Gasteiger partial charge in [0.2, 0.25) is 0 Å². The zero-order valence-electron chi connectivity index (χ0n) is 21.0. The fourth-order valence-electron chi connectivity index (χ4n) is 3.53. The quantitative estimate of drug-likeness (QED) is 0.193. The standard InChI is InChI=1S/C28H25ClN4O6/c1-16(2)24(27(35)36)33-25(34)26-30-15-23(39-26)17-8-11-19(12-9-17)31-28(37)32-21-13-10-18(29)14-22(21)38-20-6-4-3-5-7-20/h3-16,24H,1-2H3,(H,33,34)(H,35,36)(H2,31,32,37)/t24-/m0/s1. The molecule has 0 spiro atoms. The first kappa shape index (κ1) is 27.2. The summed E-state index contributed by atoms with van der Waals surface area (Å²) >= 11 is 6.11. The van der Waals surface area contributed by atoms with Gasteiger partial charge in [-0.15, -0.1) is 0 Å². The lowest BCUT2D eigenvalue weighted by Gasteiger charge is -2.16. The Morgan fingerprint density at radius 2 is 1.69 bits per heavy atom. The van der Waals surface area contributed by atoms with Crippen LogP contribution in [0.4, 0.5) is 16.2 Å². The molecule has 1 heterocycles. The number of oxazole rings is 1. The van der Waals surface area contributed by atoms with E-state index in [4.69, 9.17) is 20.8 Å². The highest BCUT2D eigenvalue weighted by atomic mass is 35.5. The van der Waals surface area contributed by atoms with E-state index in [-0.39, 0.29) is 11.8 Å². The zero-order valence-corrected chi connectivity index (χ0v) is 21.7. The molecular weight excluding hydrogens is 524 g/mol. The number of ether oxygens (including phenoxy) is 1. The molecule has 3 amide bonds. The fraction of sp³-hybridized carbons (Fsp3) is 0.143. The summed E-state index contributed by atoms with van der Waals surface area (Å²) in [6.45, 7) is 3.37. The van der Waals surface area contributed by atoms with E-state index in [0.29, 0.717) is 39.2 Å². The molecule has 4 rings (SSSR count). The average molecular weight is 549 g/mol. The van der Waals surface area contributed by atoms with Gasteiger partial charge in [-0.3, -0.25) is 4.79 Å². The van der Waals surface area contributed by atoms with Crippen LogP contribution in [0.1, 0.15) is 24.5 Å². The van der Waals surface area contributed by atoms with Crippen molar-refractivity contribution in [3.8, 4) is 22.8 Å². The second kappa shape index (κ2) is 12.1. The van der Waals surface area contributed by atoms with E-state index < -0.39 is 23.9 Å². The van der Waals surface area contributed by atoms with Gasteiger partial charge in [0.15, 0.2) is 11.5 Å². The molecule has 0 aliphatic carbocycles. The van der Waals surface area contributed by atoms with Crippen molar-refractivity contribution in [3.05, 3.63) is 89.9 Å². The number of hydrogen-bond donors (Lipinski definition) is 4. The summed E-state index contributed by atoms with van der Waals surface area (Å²) in [5.74, 6) is -1.17. The van der Waals surface area contributed by atoms with Crippen molar-refractivity contribution in [2.24, 2.45) is 5.92 Å². The first-order valence-corrected chi connectivity index (χ1v) is 12.3. The van der Waals surface area contributed by atoms with Crippen LogP contribution in [0.15, 0.2) is 83.4 Å². The summed E-state index contributed by atoms with van der Waals surface area (Å²) in [7, 11) is 0. The number of hydrogen-bond acceptors (Lipinski definition) is 6. The zero-order chi connectivity index (χ0) is 27.9. The lowest BCUT2D eigenvalue weighted by atomic mass is 10.1. The minimum absolute atomic E-state index is 0.255. The number of amides is 3. The molecule has 1 aromatic heterocycles. The molecule has 0 fully saturated rings. The predicted molar refractivity (Wildman–Crippen MR) is 146 cm³/mol. The Kier molecular flexibility index (Phi) is 8.47. The van der Waals surface area contributed by atoms with Crippen LogP contribution in [0.5, 0.6) is 11.5 Å². The third-order valence-electron chi connectivity index (χ3n) is 5.51. The Morgan fingerprint density at radius 1 is 0.974 bits per heavy atom. The number of urea groups is 1. The second-order valence-electron chi connectivity index (χ2n) is 8.78. The van der Waals surface area contributed by atoms with Gasteiger partial charge in [-0.05, 0) is 54.4 Å². The summed E-state index contributed by atoms with van der Waals surface area (Å²) in [6.07, 6.45) is 1.37. The second-order valence-corrected chi connectivity index (χ2v) is 9.21. The van der Waals surface area contributed by atoms with E-state index in [2.05, 4.69) is 20.9 Å². The normalized spacial score (nSPS) is 11.5. The molecule has 0 radical (unpaired) electrons. The Labute approximate surface area is 229 Å². The SMILES string of the molecule is CC(C)[C@H](NC(=O)c1ncc(-c2ccc(NC(=O)Nc3ccc(Cl)cc3Oc3ccccc3)cc2)o1)C(=O)O. The van der Waals surface area contributed by atoms with Crippen molar-refractivity contribution in [1.82, 2.24) is 10.3 Å². The maximum atomic E-state index is 12.7. The topological polar surface area (TPSA) is 143 Å². The highest BCUT2D eigenvalue weighted by Gasteiger charge is 2.26. The molecule has 0 aliphatic rings. The van der Waals surface area contributed by atoms with Crippen LogP contribution in [0.3, 0.4) is 0 Å². The fourth-order valence-corrected chi connectivity index (χ4v) is 3.69. The van der Waals surface area contributed by atoms with Crippen LogP contribution in [0.2, 0.25) is 5.02 Å². The van der Waals surface area contributed by atoms with Gasteiger partial charge in [0.25, 0.3) is 5.89 Å². The number of carboxylic acids is 1.